The summed E-state index contributed by atoms with van der Waals surface area (Å²) in [4.78, 5) is 34.5. The number of carbonyl (C=O) groups excluding carboxylic acids is 3. The molecule has 1 aliphatic carbocycles. The van der Waals surface area contributed by atoms with E-state index in [2.05, 4.69) is 0 Å². The molecule has 0 spiro atoms. The summed E-state index contributed by atoms with van der Waals surface area (Å²) in [5.41, 5.74) is 1.09. The smallest absolute Gasteiger partial charge is 0.164 e. The molecular formula is C12H10O3. The Hall–Kier alpha value is -1.77. The first-order valence-corrected chi connectivity index (χ1v) is 4.81. The van der Waals surface area contributed by atoms with Gasteiger partial charge in [-0.05, 0) is 6.92 Å². The molecule has 0 aromatic heterocycles. The summed E-state index contributed by atoms with van der Waals surface area (Å²) in [5, 5.41) is 0. The molecule has 1 aliphatic rings. The predicted octanol–water partition coefficient (Wildman–Crippen LogP) is 2.05. The van der Waals surface area contributed by atoms with Crippen LogP contribution < -0.4 is 0 Å². The van der Waals surface area contributed by atoms with Crippen LogP contribution in [0.5, 0.6) is 0 Å². The summed E-state index contributed by atoms with van der Waals surface area (Å²) in [6.07, 6.45) is 0.476. The van der Waals surface area contributed by atoms with Crippen molar-refractivity contribution in [1.29, 1.82) is 0 Å². The molecule has 0 saturated carbocycles. The Bertz CT molecular complexity index is 458. The fourth-order valence-electron chi connectivity index (χ4n) is 1.87. The number of hydrogen-bond donors (Lipinski definition) is 0. The van der Waals surface area contributed by atoms with Crippen molar-refractivity contribution in [2.24, 2.45) is 0 Å². The quantitative estimate of drug-likeness (QED) is 0.655. The van der Waals surface area contributed by atoms with Gasteiger partial charge in [-0.25, -0.2) is 0 Å². The Kier molecular flexibility index (Phi) is 2.23. The van der Waals surface area contributed by atoms with E-state index in [1.807, 2.05) is 0 Å². The molecule has 0 radical (unpaired) electrons. The first kappa shape index (κ1) is 9.77. The maximum absolute atomic E-state index is 11.7. The lowest BCUT2D eigenvalue weighted by atomic mass is 9.85. The number of fused-ring (bicyclic) bond motifs is 1. The average molecular weight is 202 g/mol. The topological polar surface area (TPSA) is 51.2 Å². The highest BCUT2D eigenvalue weighted by Crippen LogP contribution is 2.24. The number of Topliss-reactive ketones (excluding diaryl/α,β-unsaturated/α-hetero) is 3. The predicted molar refractivity (Wildman–Crippen MR) is 54.3 cm³/mol. The molecule has 0 saturated heterocycles. The third-order valence-corrected chi connectivity index (χ3v) is 2.60. The minimum absolute atomic E-state index is 0.0484. The number of rotatable bonds is 1. The van der Waals surface area contributed by atoms with Crippen LogP contribution in [0.2, 0.25) is 0 Å². The van der Waals surface area contributed by atoms with E-state index < -0.39 is 0 Å². The van der Waals surface area contributed by atoms with Crippen molar-refractivity contribution in [3.63, 3.8) is 0 Å². The Morgan fingerprint density at radius 3 is 2.47 bits per heavy atom. The van der Waals surface area contributed by atoms with E-state index in [0.717, 1.165) is 0 Å². The minimum atomic E-state index is -0.171. The van der Waals surface area contributed by atoms with Crippen LogP contribution in [0.4, 0.5) is 0 Å². The van der Waals surface area contributed by atoms with Crippen molar-refractivity contribution >= 4 is 17.3 Å². The summed E-state index contributed by atoms with van der Waals surface area (Å²) in [6, 6.07) is 4.85. The van der Waals surface area contributed by atoms with Gasteiger partial charge in [-0.2, -0.15) is 0 Å². The van der Waals surface area contributed by atoms with Crippen LogP contribution in [-0.4, -0.2) is 17.3 Å². The molecule has 1 aromatic rings. The Morgan fingerprint density at radius 2 is 1.80 bits per heavy atom. The van der Waals surface area contributed by atoms with Gasteiger partial charge in [-0.15, -0.1) is 0 Å². The molecule has 0 atom stereocenters. The van der Waals surface area contributed by atoms with Crippen LogP contribution >= 0.6 is 0 Å². The molecule has 0 unspecified atom stereocenters. The molecule has 0 heterocycles. The summed E-state index contributed by atoms with van der Waals surface area (Å²) in [6.45, 7) is 1.40. The first-order chi connectivity index (χ1) is 7.11. The van der Waals surface area contributed by atoms with Crippen molar-refractivity contribution < 1.29 is 14.4 Å². The van der Waals surface area contributed by atoms with Crippen molar-refractivity contribution in [2.45, 2.75) is 19.8 Å². The van der Waals surface area contributed by atoms with Crippen LogP contribution in [0.25, 0.3) is 0 Å². The van der Waals surface area contributed by atoms with E-state index in [9.17, 15) is 14.4 Å². The number of benzene rings is 1. The standard InChI is InChI=1S/C12H10O3/c1-7(13)8-3-2-4-9-10(14)5-6-11(15)12(8)9/h2-4H,5-6H2,1H3. The lowest BCUT2D eigenvalue weighted by molar-refractivity contribution is 0.0886. The highest BCUT2D eigenvalue weighted by molar-refractivity contribution is 6.18. The molecule has 1 aromatic carbocycles. The lowest BCUT2D eigenvalue weighted by Gasteiger charge is -2.15. The van der Waals surface area contributed by atoms with Gasteiger partial charge in [-0.3, -0.25) is 14.4 Å². The van der Waals surface area contributed by atoms with E-state index in [4.69, 9.17) is 0 Å². The first-order valence-electron chi connectivity index (χ1n) is 4.81. The molecule has 15 heavy (non-hydrogen) atoms. The largest absolute Gasteiger partial charge is 0.294 e. The molecule has 2 rings (SSSR count). The molecule has 0 amide bonds. The van der Waals surface area contributed by atoms with E-state index in [1.54, 1.807) is 18.2 Å². The summed E-state index contributed by atoms with van der Waals surface area (Å²) >= 11 is 0. The zero-order valence-corrected chi connectivity index (χ0v) is 8.37. The zero-order valence-electron chi connectivity index (χ0n) is 8.37. The van der Waals surface area contributed by atoms with Crippen molar-refractivity contribution in [1.82, 2.24) is 0 Å². The normalized spacial score (nSPS) is 15.0. The van der Waals surface area contributed by atoms with Gasteiger partial charge >= 0.3 is 0 Å². The second kappa shape index (κ2) is 3.42. The molecule has 0 N–H and O–H groups in total. The Morgan fingerprint density at radius 1 is 1.13 bits per heavy atom. The van der Waals surface area contributed by atoms with Crippen LogP contribution in [0.3, 0.4) is 0 Å². The van der Waals surface area contributed by atoms with E-state index in [0.29, 0.717) is 16.7 Å². The third kappa shape index (κ3) is 1.50. The molecule has 0 fully saturated rings. The second-order valence-electron chi connectivity index (χ2n) is 3.63. The highest BCUT2D eigenvalue weighted by atomic mass is 16.1. The molecular weight excluding hydrogens is 192 g/mol. The van der Waals surface area contributed by atoms with Gasteiger partial charge in [0.05, 0.1) is 0 Å². The molecule has 0 bridgehead atoms. The molecule has 3 nitrogen and oxygen atoms in total. The van der Waals surface area contributed by atoms with Gasteiger partial charge in [0, 0.05) is 29.5 Å². The van der Waals surface area contributed by atoms with Crippen molar-refractivity contribution in [2.75, 3.05) is 0 Å². The van der Waals surface area contributed by atoms with Crippen LogP contribution in [0.15, 0.2) is 18.2 Å². The number of ketones is 3. The van der Waals surface area contributed by atoms with Crippen LogP contribution in [0.1, 0.15) is 50.8 Å². The summed E-state index contributed by atoms with van der Waals surface area (Å²) in [7, 11) is 0. The van der Waals surface area contributed by atoms with Gasteiger partial charge in [0.25, 0.3) is 0 Å². The molecule has 0 aliphatic heterocycles. The average Bonchev–Trinajstić information content (AvgIpc) is 2.23. The lowest BCUT2D eigenvalue weighted by Crippen LogP contribution is -2.20. The maximum Gasteiger partial charge on any atom is 0.164 e. The molecule has 3 heteroatoms. The monoisotopic (exact) mass is 202 g/mol. The Balaban J connectivity index is 2.72. The Labute approximate surface area is 87.1 Å². The second-order valence-corrected chi connectivity index (χ2v) is 3.63. The van der Waals surface area contributed by atoms with E-state index >= 15 is 0 Å². The third-order valence-electron chi connectivity index (χ3n) is 2.60. The van der Waals surface area contributed by atoms with Gasteiger partial charge in [0.1, 0.15) is 0 Å². The molecule has 76 valence electrons. The maximum atomic E-state index is 11.7. The number of carbonyl (C=O) groups is 3. The van der Waals surface area contributed by atoms with E-state index in [-0.39, 0.29) is 30.2 Å². The summed E-state index contributed by atoms with van der Waals surface area (Å²) in [5.74, 6) is -0.321. The number of hydrogen-bond acceptors (Lipinski definition) is 3. The minimum Gasteiger partial charge on any atom is -0.294 e. The van der Waals surface area contributed by atoms with Gasteiger partial charge in [-0.1, -0.05) is 18.2 Å². The van der Waals surface area contributed by atoms with Gasteiger partial charge in [0.15, 0.2) is 17.3 Å². The van der Waals surface area contributed by atoms with Crippen molar-refractivity contribution in [3.05, 3.63) is 34.9 Å². The van der Waals surface area contributed by atoms with Crippen LogP contribution in [0, 0.1) is 0 Å². The SMILES string of the molecule is CC(=O)c1cccc2c1C(=O)CCC2=O. The fraction of sp³-hybridized carbons (Fsp3) is 0.250. The summed E-state index contributed by atoms with van der Waals surface area (Å²) < 4.78 is 0. The van der Waals surface area contributed by atoms with Crippen molar-refractivity contribution in [3.8, 4) is 0 Å². The zero-order chi connectivity index (χ0) is 11.0. The van der Waals surface area contributed by atoms with Crippen LogP contribution in [-0.2, 0) is 0 Å². The van der Waals surface area contributed by atoms with Gasteiger partial charge < -0.3 is 0 Å². The van der Waals surface area contributed by atoms with E-state index in [1.165, 1.54) is 6.92 Å². The highest BCUT2D eigenvalue weighted by Gasteiger charge is 2.26. The van der Waals surface area contributed by atoms with Gasteiger partial charge in [0.2, 0.25) is 0 Å². The fourth-order valence-corrected chi connectivity index (χ4v) is 1.87.